The van der Waals surface area contributed by atoms with Crippen molar-refractivity contribution in [1.29, 1.82) is 0 Å². The van der Waals surface area contributed by atoms with Gasteiger partial charge in [-0.05, 0) is 20.8 Å². The summed E-state index contributed by atoms with van der Waals surface area (Å²) < 4.78 is 12.4. The van der Waals surface area contributed by atoms with Crippen LogP contribution in [0.5, 0.6) is 0 Å². The standard InChI is InChI=1S/C12H22N4O2/c1-12(2,3)13-6-10-7-16(15-14-10)4-5-18-11-8-17-9-11/h7,11,13H,4-6,8-9H2,1-3H3. The van der Waals surface area contributed by atoms with Crippen molar-refractivity contribution in [2.45, 2.75) is 45.5 Å². The van der Waals surface area contributed by atoms with Gasteiger partial charge in [0.25, 0.3) is 0 Å². The van der Waals surface area contributed by atoms with E-state index in [1.54, 1.807) is 0 Å². The third-order valence-corrected chi connectivity index (χ3v) is 2.67. The molecule has 1 aliphatic heterocycles. The third kappa shape index (κ3) is 4.36. The Morgan fingerprint density at radius 3 is 2.89 bits per heavy atom. The Morgan fingerprint density at radius 2 is 2.28 bits per heavy atom. The van der Waals surface area contributed by atoms with Crippen LogP contribution in [0.25, 0.3) is 0 Å². The van der Waals surface area contributed by atoms with Crippen molar-refractivity contribution < 1.29 is 9.47 Å². The second kappa shape index (κ2) is 5.77. The lowest BCUT2D eigenvalue weighted by molar-refractivity contribution is -0.131. The summed E-state index contributed by atoms with van der Waals surface area (Å²) in [5.41, 5.74) is 1.05. The van der Waals surface area contributed by atoms with E-state index in [1.807, 2.05) is 10.9 Å². The molecule has 0 saturated carbocycles. The Labute approximate surface area is 108 Å². The minimum absolute atomic E-state index is 0.0944. The van der Waals surface area contributed by atoms with Crippen LogP contribution in [0, 0.1) is 0 Å². The van der Waals surface area contributed by atoms with Crippen LogP contribution in [0.3, 0.4) is 0 Å². The number of ether oxygens (including phenoxy) is 2. The summed E-state index contributed by atoms with van der Waals surface area (Å²) in [5.74, 6) is 0. The highest BCUT2D eigenvalue weighted by molar-refractivity contribution is 4.93. The van der Waals surface area contributed by atoms with Gasteiger partial charge in [-0.3, -0.25) is 0 Å². The predicted molar refractivity (Wildman–Crippen MR) is 67.2 cm³/mol. The number of rotatable bonds is 6. The van der Waals surface area contributed by atoms with Gasteiger partial charge in [0.15, 0.2) is 0 Å². The molecular formula is C12H22N4O2. The maximum Gasteiger partial charge on any atom is 0.104 e. The molecule has 0 unspecified atom stereocenters. The van der Waals surface area contributed by atoms with Crippen LogP contribution < -0.4 is 5.32 Å². The molecule has 1 fully saturated rings. The van der Waals surface area contributed by atoms with E-state index in [0.29, 0.717) is 6.61 Å². The summed E-state index contributed by atoms with van der Waals surface area (Å²) >= 11 is 0. The van der Waals surface area contributed by atoms with E-state index < -0.39 is 0 Å². The van der Waals surface area contributed by atoms with Crippen LogP contribution in [-0.2, 0) is 22.6 Å². The first kappa shape index (κ1) is 13.5. The summed E-state index contributed by atoms with van der Waals surface area (Å²) in [4.78, 5) is 0. The Morgan fingerprint density at radius 1 is 1.50 bits per heavy atom. The molecule has 0 atom stereocenters. The molecule has 0 aromatic carbocycles. The van der Waals surface area contributed by atoms with E-state index in [4.69, 9.17) is 9.47 Å². The largest absolute Gasteiger partial charge is 0.376 e. The van der Waals surface area contributed by atoms with E-state index in [9.17, 15) is 0 Å². The number of hydrogen-bond donors (Lipinski definition) is 1. The van der Waals surface area contributed by atoms with Crippen molar-refractivity contribution >= 4 is 0 Å². The lowest BCUT2D eigenvalue weighted by Gasteiger charge is -2.25. The van der Waals surface area contributed by atoms with E-state index in [-0.39, 0.29) is 11.6 Å². The average Bonchev–Trinajstić information content (AvgIpc) is 2.66. The number of aromatic nitrogens is 3. The fourth-order valence-electron chi connectivity index (χ4n) is 1.51. The SMILES string of the molecule is CC(C)(C)NCc1cn(CCOC2COC2)nn1. The Balaban J connectivity index is 1.68. The summed E-state index contributed by atoms with van der Waals surface area (Å²) in [7, 11) is 0. The topological polar surface area (TPSA) is 61.2 Å². The van der Waals surface area contributed by atoms with Gasteiger partial charge in [0.05, 0.1) is 32.1 Å². The number of hydrogen-bond acceptors (Lipinski definition) is 5. The molecule has 0 aliphatic carbocycles. The van der Waals surface area contributed by atoms with E-state index in [1.165, 1.54) is 0 Å². The van der Waals surface area contributed by atoms with Gasteiger partial charge in [-0.25, -0.2) is 4.68 Å². The number of nitrogens with zero attached hydrogens (tertiary/aromatic N) is 3. The lowest BCUT2D eigenvalue weighted by Crippen LogP contribution is -2.36. The Hall–Kier alpha value is -0.980. The van der Waals surface area contributed by atoms with E-state index in [0.717, 1.165) is 32.0 Å². The molecule has 2 rings (SSSR count). The van der Waals surface area contributed by atoms with Gasteiger partial charge in [-0.15, -0.1) is 5.10 Å². The maximum atomic E-state index is 5.58. The summed E-state index contributed by atoms with van der Waals surface area (Å²) in [6, 6.07) is 0. The van der Waals surface area contributed by atoms with Crippen LogP contribution in [0.1, 0.15) is 26.5 Å². The minimum Gasteiger partial charge on any atom is -0.376 e. The average molecular weight is 254 g/mol. The minimum atomic E-state index is 0.0944. The molecule has 18 heavy (non-hydrogen) atoms. The zero-order chi connectivity index (χ0) is 13.0. The molecule has 1 saturated heterocycles. The van der Waals surface area contributed by atoms with Gasteiger partial charge in [-0.2, -0.15) is 0 Å². The van der Waals surface area contributed by atoms with Crippen molar-refractivity contribution in [3.8, 4) is 0 Å². The molecule has 1 aliphatic rings. The van der Waals surface area contributed by atoms with Crippen LogP contribution >= 0.6 is 0 Å². The highest BCUT2D eigenvalue weighted by Crippen LogP contribution is 2.05. The molecule has 0 amide bonds. The van der Waals surface area contributed by atoms with E-state index >= 15 is 0 Å². The van der Waals surface area contributed by atoms with Crippen molar-refractivity contribution in [2.75, 3.05) is 19.8 Å². The predicted octanol–water partition coefficient (Wildman–Crippen LogP) is 0.582. The third-order valence-electron chi connectivity index (χ3n) is 2.67. The molecule has 1 N–H and O–H groups in total. The van der Waals surface area contributed by atoms with Crippen LogP contribution in [0.2, 0.25) is 0 Å². The Bertz CT molecular complexity index is 368. The second-order valence-corrected chi connectivity index (χ2v) is 5.61. The van der Waals surface area contributed by atoms with Crippen molar-refractivity contribution in [3.05, 3.63) is 11.9 Å². The molecule has 0 spiro atoms. The highest BCUT2D eigenvalue weighted by atomic mass is 16.6. The summed E-state index contributed by atoms with van der Waals surface area (Å²) in [6.07, 6.45) is 2.23. The molecule has 0 radical (unpaired) electrons. The second-order valence-electron chi connectivity index (χ2n) is 5.61. The van der Waals surface area contributed by atoms with Gasteiger partial charge >= 0.3 is 0 Å². The Kier molecular flexibility index (Phi) is 4.31. The monoisotopic (exact) mass is 254 g/mol. The van der Waals surface area contributed by atoms with Crippen molar-refractivity contribution in [2.24, 2.45) is 0 Å². The zero-order valence-electron chi connectivity index (χ0n) is 11.3. The highest BCUT2D eigenvalue weighted by Gasteiger charge is 2.18. The molecule has 1 aromatic rings. The van der Waals surface area contributed by atoms with E-state index in [2.05, 4.69) is 36.4 Å². The first-order valence-corrected chi connectivity index (χ1v) is 6.36. The quantitative estimate of drug-likeness (QED) is 0.804. The molecule has 0 bridgehead atoms. The van der Waals surface area contributed by atoms with Gasteiger partial charge in [0.1, 0.15) is 6.10 Å². The van der Waals surface area contributed by atoms with Gasteiger partial charge in [-0.1, -0.05) is 5.21 Å². The van der Waals surface area contributed by atoms with Crippen molar-refractivity contribution in [1.82, 2.24) is 20.3 Å². The molecular weight excluding hydrogens is 232 g/mol. The molecule has 6 nitrogen and oxygen atoms in total. The van der Waals surface area contributed by atoms with Crippen molar-refractivity contribution in [3.63, 3.8) is 0 Å². The molecule has 6 heteroatoms. The van der Waals surface area contributed by atoms with Crippen LogP contribution in [0.15, 0.2) is 6.20 Å². The lowest BCUT2D eigenvalue weighted by atomic mass is 10.1. The van der Waals surface area contributed by atoms with Gasteiger partial charge < -0.3 is 14.8 Å². The number of nitrogens with one attached hydrogen (secondary N) is 1. The van der Waals surface area contributed by atoms with Crippen LogP contribution in [0.4, 0.5) is 0 Å². The maximum absolute atomic E-state index is 5.58. The fraction of sp³-hybridized carbons (Fsp3) is 0.833. The summed E-state index contributed by atoms with van der Waals surface area (Å²) in [6.45, 7) is 9.96. The fourth-order valence-corrected chi connectivity index (χ4v) is 1.51. The first-order chi connectivity index (χ1) is 8.53. The smallest absolute Gasteiger partial charge is 0.104 e. The molecule has 102 valence electrons. The summed E-state index contributed by atoms with van der Waals surface area (Å²) in [5, 5.41) is 11.6. The zero-order valence-corrected chi connectivity index (χ0v) is 11.3. The molecule has 1 aromatic heterocycles. The van der Waals surface area contributed by atoms with Gasteiger partial charge in [0.2, 0.25) is 0 Å². The molecule has 2 heterocycles. The normalized spacial score (nSPS) is 16.8. The van der Waals surface area contributed by atoms with Gasteiger partial charge in [0, 0.05) is 18.3 Å². The first-order valence-electron chi connectivity index (χ1n) is 6.36. The van der Waals surface area contributed by atoms with Crippen LogP contribution in [-0.4, -0.2) is 46.5 Å².